The summed E-state index contributed by atoms with van der Waals surface area (Å²) < 4.78 is 4.79. The Labute approximate surface area is 116 Å². The van der Waals surface area contributed by atoms with E-state index >= 15 is 0 Å². The number of esters is 1. The molecule has 0 aliphatic rings. The Morgan fingerprint density at radius 3 is 2.53 bits per heavy atom. The molecule has 0 atom stereocenters. The largest absolute Gasteiger partial charge is 0.465 e. The summed E-state index contributed by atoms with van der Waals surface area (Å²) in [6.45, 7) is 0. The van der Waals surface area contributed by atoms with E-state index in [2.05, 4.69) is 4.98 Å². The van der Waals surface area contributed by atoms with Crippen LogP contribution in [0, 0.1) is 0 Å². The molecular weight excluding hydrogens is 262 g/mol. The third kappa shape index (κ3) is 3.42. The van der Waals surface area contributed by atoms with Gasteiger partial charge in [-0.05, 0) is 35.9 Å². The molecule has 0 aliphatic carbocycles. The van der Waals surface area contributed by atoms with E-state index in [0.717, 1.165) is 5.56 Å². The molecule has 0 spiro atoms. The minimum atomic E-state index is -0.423. The van der Waals surface area contributed by atoms with E-state index in [1.807, 2.05) is 18.2 Å². The first-order valence-corrected chi connectivity index (χ1v) is 6.05. The average molecular weight is 274 g/mol. The molecule has 0 amide bonds. The Balaban J connectivity index is 2.44. The van der Waals surface area contributed by atoms with Crippen molar-refractivity contribution in [3.63, 3.8) is 0 Å². The highest BCUT2D eigenvalue weighted by molar-refractivity contribution is 6.30. The SMILES string of the molecule is COC(=O)/C(=C/c1ccc(Cl)cc1)c1ccccn1. The number of hydrogen-bond donors (Lipinski definition) is 0. The normalized spacial score (nSPS) is 11.2. The van der Waals surface area contributed by atoms with E-state index < -0.39 is 5.97 Å². The van der Waals surface area contributed by atoms with E-state index in [4.69, 9.17) is 16.3 Å². The highest BCUT2D eigenvalue weighted by atomic mass is 35.5. The number of ether oxygens (including phenoxy) is 1. The number of aromatic nitrogens is 1. The van der Waals surface area contributed by atoms with Crippen molar-refractivity contribution in [2.24, 2.45) is 0 Å². The molecule has 96 valence electrons. The van der Waals surface area contributed by atoms with Crippen molar-refractivity contribution < 1.29 is 9.53 Å². The highest BCUT2D eigenvalue weighted by Crippen LogP contribution is 2.19. The van der Waals surface area contributed by atoms with Gasteiger partial charge in [0.25, 0.3) is 0 Å². The number of methoxy groups -OCH3 is 1. The highest BCUT2D eigenvalue weighted by Gasteiger charge is 2.13. The molecule has 0 unspecified atom stereocenters. The van der Waals surface area contributed by atoms with E-state index in [1.54, 1.807) is 36.5 Å². The number of carbonyl (C=O) groups excluding carboxylic acids is 1. The zero-order chi connectivity index (χ0) is 13.7. The van der Waals surface area contributed by atoms with Crippen LogP contribution in [-0.2, 0) is 9.53 Å². The smallest absolute Gasteiger partial charge is 0.340 e. The third-order valence-electron chi connectivity index (χ3n) is 2.53. The summed E-state index contributed by atoms with van der Waals surface area (Å²) in [6.07, 6.45) is 3.36. The van der Waals surface area contributed by atoms with Gasteiger partial charge in [0.1, 0.15) is 0 Å². The van der Waals surface area contributed by atoms with Crippen molar-refractivity contribution in [1.82, 2.24) is 4.98 Å². The molecule has 0 N–H and O–H groups in total. The van der Waals surface area contributed by atoms with Gasteiger partial charge in [0.15, 0.2) is 0 Å². The summed E-state index contributed by atoms with van der Waals surface area (Å²) in [5.74, 6) is -0.423. The van der Waals surface area contributed by atoms with Crippen molar-refractivity contribution >= 4 is 29.2 Å². The fourth-order valence-electron chi connectivity index (χ4n) is 1.60. The first kappa shape index (κ1) is 13.3. The van der Waals surface area contributed by atoms with Gasteiger partial charge in [-0.3, -0.25) is 4.98 Å². The molecule has 1 aromatic heterocycles. The lowest BCUT2D eigenvalue weighted by molar-refractivity contribution is -0.133. The second kappa shape index (κ2) is 6.16. The zero-order valence-electron chi connectivity index (χ0n) is 10.3. The van der Waals surface area contributed by atoms with Crippen LogP contribution in [0.2, 0.25) is 5.02 Å². The molecule has 0 aliphatic heterocycles. The van der Waals surface area contributed by atoms with Crippen LogP contribution in [0.4, 0.5) is 0 Å². The number of nitrogens with zero attached hydrogens (tertiary/aromatic N) is 1. The van der Waals surface area contributed by atoms with Crippen molar-refractivity contribution in [2.75, 3.05) is 7.11 Å². The van der Waals surface area contributed by atoms with Crippen LogP contribution in [0.1, 0.15) is 11.3 Å². The lowest BCUT2D eigenvalue weighted by atomic mass is 10.1. The van der Waals surface area contributed by atoms with Crippen LogP contribution in [-0.4, -0.2) is 18.1 Å². The summed E-state index contributed by atoms with van der Waals surface area (Å²) in [4.78, 5) is 16.0. The molecule has 0 saturated carbocycles. The maximum absolute atomic E-state index is 11.8. The second-order valence-corrected chi connectivity index (χ2v) is 4.25. The summed E-state index contributed by atoms with van der Waals surface area (Å²) in [5.41, 5.74) is 1.84. The minimum absolute atomic E-state index is 0.408. The molecule has 0 fully saturated rings. The molecule has 0 saturated heterocycles. The first-order valence-electron chi connectivity index (χ1n) is 5.67. The quantitative estimate of drug-likeness (QED) is 0.635. The van der Waals surface area contributed by atoms with Crippen LogP contribution in [0.25, 0.3) is 11.6 Å². The predicted octanol–water partition coefficient (Wildman–Crippen LogP) is 3.45. The van der Waals surface area contributed by atoms with Crippen LogP contribution in [0.5, 0.6) is 0 Å². The topological polar surface area (TPSA) is 39.2 Å². The zero-order valence-corrected chi connectivity index (χ0v) is 11.1. The number of pyridine rings is 1. The number of benzene rings is 1. The van der Waals surface area contributed by atoms with Crippen molar-refractivity contribution in [2.45, 2.75) is 0 Å². The lowest BCUT2D eigenvalue weighted by Gasteiger charge is -2.05. The summed E-state index contributed by atoms with van der Waals surface area (Å²) in [7, 11) is 1.35. The fraction of sp³-hybridized carbons (Fsp3) is 0.0667. The van der Waals surface area contributed by atoms with Crippen LogP contribution in [0.15, 0.2) is 48.7 Å². The van der Waals surface area contributed by atoms with Crippen LogP contribution < -0.4 is 0 Å². The van der Waals surface area contributed by atoms with E-state index in [9.17, 15) is 4.79 Å². The first-order chi connectivity index (χ1) is 9.20. The summed E-state index contributed by atoms with van der Waals surface area (Å²) >= 11 is 5.83. The molecule has 1 heterocycles. The van der Waals surface area contributed by atoms with Gasteiger partial charge in [0.2, 0.25) is 0 Å². The van der Waals surface area contributed by atoms with Gasteiger partial charge in [-0.2, -0.15) is 0 Å². The lowest BCUT2D eigenvalue weighted by Crippen LogP contribution is -2.05. The standard InChI is InChI=1S/C15H12ClNO2/c1-19-15(18)13(14-4-2-3-9-17-14)10-11-5-7-12(16)8-6-11/h2-10H,1H3/b13-10+. The van der Waals surface area contributed by atoms with Gasteiger partial charge in [-0.15, -0.1) is 0 Å². The Bertz CT molecular complexity index is 591. The van der Waals surface area contributed by atoms with Crippen molar-refractivity contribution in [1.29, 1.82) is 0 Å². The second-order valence-electron chi connectivity index (χ2n) is 3.82. The maximum Gasteiger partial charge on any atom is 0.340 e. The summed E-state index contributed by atoms with van der Waals surface area (Å²) in [6, 6.07) is 12.6. The van der Waals surface area contributed by atoms with Gasteiger partial charge in [-0.25, -0.2) is 4.79 Å². The fourth-order valence-corrected chi connectivity index (χ4v) is 1.72. The van der Waals surface area contributed by atoms with E-state index in [1.165, 1.54) is 7.11 Å². The maximum atomic E-state index is 11.8. The van der Waals surface area contributed by atoms with E-state index in [0.29, 0.717) is 16.3 Å². The third-order valence-corrected chi connectivity index (χ3v) is 2.78. The Morgan fingerprint density at radius 2 is 1.95 bits per heavy atom. The molecule has 2 rings (SSSR count). The van der Waals surface area contributed by atoms with Gasteiger partial charge in [0, 0.05) is 11.2 Å². The molecular formula is C15H12ClNO2. The molecule has 0 radical (unpaired) electrons. The van der Waals surface area contributed by atoms with Crippen molar-refractivity contribution in [3.05, 3.63) is 64.9 Å². The van der Waals surface area contributed by atoms with Gasteiger partial charge in [0.05, 0.1) is 18.4 Å². The molecule has 2 aromatic rings. The summed E-state index contributed by atoms with van der Waals surface area (Å²) in [5, 5.41) is 0.648. The van der Waals surface area contributed by atoms with Crippen molar-refractivity contribution in [3.8, 4) is 0 Å². The van der Waals surface area contributed by atoms with Crippen LogP contribution >= 0.6 is 11.6 Å². The predicted molar refractivity (Wildman–Crippen MR) is 75.6 cm³/mol. The average Bonchev–Trinajstić information content (AvgIpc) is 2.47. The van der Waals surface area contributed by atoms with Gasteiger partial charge in [-0.1, -0.05) is 29.8 Å². The Kier molecular flexibility index (Phi) is 4.31. The van der Waals surface area contributed by atoms with Crippen LogP contribution in [0.3, 0.4) is 0 Å². The minimum Gasteiger partial charge on any atom is -0.465 e. The number of hydrogen-bond acceptors (Lipinski definition) is 3. The van der Waals surface area contributed by atoms with E-state index in [-0.39, 0.29) is 0 Å². The van der Waals surface area contributed by atoms with Gasteiger partial charge < -0.3 is 4.74 Å². The molecule has 0 bridgehead atoms. The number of carbonyl (C=O) groups is 1. The molecule has 19 heavy (non-hydrogen) atoms. The Hall–Kier alpha value is -2.13. The number of halogens is 1. The molecule has 3 nitrogen and oxygen atoms in total. The monoisotopic (exact) mass is 273 g/mol. The molecule has 1 aromatic carbocycles. The number of rotatable bonds is 3. The van der Waals surface area contributed by atoms with Gasteiger partial charge >= 0.3 is 5.97 Å². The Morgan fingerprint density at radius 1 is 1.21 bits per heavy atom. The molecule has 4 heteroatoms.